The fraction of sp³-hybridized carbons (Fsp3) is 0.533. The van der Waals surface area contributed by atoms with E-state index in [9.17, 15) is 23.6 Å². The number of aliphatic hydroxyl groups excluding tert-OH is 1. The van der Waals surface area contributed by atoms with E-state index in [2.05, 4.69) is 15.0 Å². The Kier molecular flexibility index (Phi) is 9.35. The van der Waals surface area contributed by atoms with Crippen LogP contribution in [-0.2, 0) is 10.0 Å². The van der Waals surface area contributed by atoms with Crippen LogP contribution < -0.4 is 10.0 Å². The molecule has 0 aromatic heterocycles. The summed E-state index contributed by atoms with van der Waals surface area (Å²) >= 11 is 0. The number of aliphatic hydroxyl groups is 1. The van der Waals surface area contributed by atoms with Gasteiger partial charge in [0, 0.05) is 38.3 Å². The van der Waals surface area contributed by atoms with Crippen molar-refractivity contribution >= 4 is 45.6 Å². The highest BCUT2D eigenvalue weighted by atomic mass is 127. The van der Waals surface area contributed by atoms with E-state index >= 15 is 0 Å². The lowest BCUT2D eigenvalue weighted by Crippen LogP contribution is -2.41. The average Bonchev–Trinajstić information content (AvgIpc) is 3.04. The van der Waals surface area contributed by atoms with Gasteiger partial charge in [0.05, 0.1) is 22.5 Å². The van der Waals surface area contributed by atoms with Gasteiger partial charge in [-0.3, -0.25) is 15.1 Å². The maximum absolute atomic E-state index is 12.2. The Labute approximate surface area is 175 Å². The van der Waals surface area contributed by atoms with E-state index in [0.29, 0.717) is 32.0 Å². The third-order valence-corrected chi connectivity index (χ3v) is 5.26. The number of nitro groups is 1. The van der Waals surface area contributed by atoms with Crippen molar-refractivity contribution in [1.29, 1.82) is 0 Å². The molecule has 10 nitrogen and oxygen atoms in total. The highest BCUT2D eigenvalue weighted by Crippen LogP contribution is 2.17. The molecule has 0 radical (unpaired) electrons. The number of nitrogens with zero attached hydrogens (tertiary/aromatic N) is 3. The number of benzene rings is 1. The summed E-state index contributed by atoms with van der Waals surface area (Å²) in [6, 6.07) is 4.87. The number of sulfonamides is 1. The maximum atomic E-state index is 12.2. The van der Waals surface area contributed by atoms with Crippen LogP contribution in [-0.4, -0.2) is 68.1 Å². The van der Waals surface area contributed by atoms with E-state index in [1.807, 2.05) is 11.8 Å². The number of likely N-dealkylation sites (tertiary alicyclic amines) is 1. The van der Waals surface area contributed by atoms with E-state index in [1.165, 1.54) is 18.2 Å². The molecule has 0 amide bonds. The second-order valence-corrected chi connectivity index (χ2v) is 7.54. The van der Waals surface area contributed by atoms with Crippen LogP contribution in [0.25, 0.3) is 0 Å². The monoisotopic (exact) mass is 513 g/mol. The molecule has 1 saturated heterocycles. The topological polar surface area (TPSA) is 137 Å². The van der Waals surface area contributed by atoms with E-state index in [0.717, 1.165) is 6.07 Å². The fourth-order valence-corrected chi connectivity index (χ4v) is 3.61. The van der Waals surface area contributed by atoms with Crippen molar-refractivity contribution in [2.45, 2.75) is 24.3 Å². The smallest absolute Gasteiger partial charge is 0.270 e. The molecule has 1 aromatic carbocycles. The first-order valence-electron chi connectivity index (χ1n) is 8.29. The quantitative estimate of drug-likeness (QED) is 0.121. The second kappa shape index (κ2) is 10.7. The van der Waals surface area contributed by atoms with E-state index < -0.39 is 14.9 Å². The number of nitrogens with one attached hydrogen (secondary N) is 2. The van der Waals surface area contributed by atoms with Gasteiger partial charge in [-0.15, -0.1) is 24.0 Å². The van der Waals surface area contributed by atoms with Crippen molar-refractivity contribution < 1.29 is 18.4 Å². The zero-order valence-electron chi connectivity index (χ0n) is 14.9. The Morgan fingerprint density at radius 3 is 2.81 bits per heavy atom. The summed E-state index contributed by atoms with van der Waals surface area (Å²) in [5.41, 5.74) is -0.284. The molecule has 1 fully saturated rings. The van der Waals surface area contributed by atoms with Gasteiger partial charge in [0.15, 0.2) is 5.96 Å². The van der Waals surface area contributed by atoms with Gasteiger partial charge >= 0.3 is 0 Å². The molecule has 0 bridgehead atoms. The van der Waals surface area contributed by atoms with Crippen molar-refractivity contribution in [3.05, 3.63) is 34.4 Å². The van der Waals surface area contributed by atoms with Crippen LogP contribution >= 0.6 is 24.0 Å². The first-order chi connectivity index (χ1) is 12.3. The van der Waals surface area contributed by atoms with E-state index in [4.69, 9.17) is 0 Å². The zero-order valence-corrected chi connectivity index (χ0v) is 18.0. The largest absolute Gasteiger partial charge is 0.391 e. The number of halogens is 1. The predicted octanol–water partition coefficient (Wildman–Crippen LogP) is 0.523. The van der Waals surface area contributed by atoms with Crippen LogP contribution in [0.1, 0.15) is 13.3 Å². The lowest BCUT2D eigenvalue weighted by molar-refractivity contribution is -0.385. The SMILES string of the molecule is CCNC(=NCCNS(=O)(=O)c1cccc([N+](=O)[O-])c1)N1CC[C@@H](O)C1.I. The van der Waals surface area contributed by atoms with Crippen LogP contribution in [0.3, 0.4) is 0 Å². The Hall–Kier alpha value is -1.51. The number of nitro benzene ring substituents is 1. The second-order valence-electron chi connectivity index (χ2n) is 5.78. The molecule has 1 heterocycles. The maximum Gasteiger partial charge on any atom is 0.270 e. The minimum atomic E-state index is -3.85. The standard InChI is InChI=1S/C15H23N5O5S.HI/c1-2-16-15(19-9-6-13(21)11-19)17-7-8-18-26(24,25)14-5-3-4-12(10-14)20(22)23;/h3-5,10,13,18,21H,2,6-9,11H2,1H3,(H,16,17);1H/t13-;/m1./s1. The van der Waals surface area contributed by atoms with E-state index in [-0.39, 0.29) is 53.8 Å². The third kappa shape index (κ3) is 6.86. The summed E-state index contributed by atoms with van der Waals surface area (Å²) in [7, 11) is -3.85. The Morgan fingerprint density at radius 1 is 1.48 bits per heavy atom. The fourth-order valence-electron chi connectivity index (χ4n) is 2.55. The number of guanidine groups is 1. The molecule has 1 aliphatic rings. The molecule has 3 N–H and O–H groups in total. The first-order valence-corrected chi connectivity index (χ1v) is 9.77. The van der Waals surface area contributed by atoms with E-state index in [1.54, 1.807) is 0 Å². The van der Waals surface area contributed by atoms with Gasteiger partial charge in [0.25, 0.3) is 5.69 Å². The highest BCUT2D eigenvalue weighted by Gasteiger charge is 2.23. The van der Waals surface area contributed by atoms with Gasteiger partial charge in [-0.25, -0.2) is 13.1 Å². The molecule has 0 saturated carbocycles. The summed E-state index contributed by atoms with van der Waals surface area (Å²) in [6.07, 6.45) is 0.287. The van der Waals surface area contributed by atoms with Gasteiger partial charge in [0.2, 0.25) is 10.0 Å². The molecule has 2 rings (SSSR count). The molecule has 0 unspecified atom stereocenters. The van der Waals surface area contributed by atoms with Gasteiger partial charge < -0.3 is 15.3 Å². The third-order valence-electron chi connectivity index (χ3n) is 3.80. The molecule has 12 heteroatoms. The molecular formula is C15H24IN5O5S. The summed E-state index contributed by atoms with van der Waals surface area (Å²) in [4.78, 5) is 16.2. The Morgan fingerprint density at radius 2 is 2.22 bits per heavy atom. The van der Waals surface area contributed by atoms with Crippen LogP contribution in [0.4, 0.5) is 5.69 Å². The summed E-state index contributed by atoms with van der Waals surface area (Å²) < 4.78 is 26.9. The Balaban J connectivity index is 0.00000364. The number of hydrogen-bond donors (Lipinski definition) is 3. The zero-order chi connectivity index (χ0) is 19.2. The minimum absolute atomic E-state index is 0. The van der Waals surface area contributed by atoms with Crippen molar-refractivity contribution in [1.82, 2.24) is 14.9 Å². The number of hydrogen-bond acceptors (Lipinski definition) is 6. The Bertz CT molecular complexity index is 774. The van der Waals surface area contributed by atoms with Crippen LogP contribution in [0, 0.1) is 10.1 Å². The molecule has 0 aliphatic carbocycles. The molecule has 27 heavy (non-hydrogen) atoms. The summed E-state index contributed by atoms with van der Waals surface area (Å²) in [5.74, 6) is 0.624. The molecule has 1 aliphatic heterocycles. The van der Waals surface area contributed by atoms with Crippen molar-refractivity contribution in [2.75, 3.05) is 32.7 Å². The average molecular weight is 513 g/mol. The normalized spacial score (nSPS) is 17.5. The molecule has 1 atom stereocenters. The minimum Gasteiger partial charge on any atom is -0.391 e. The highest BCUT2D eigenvalue weighted by molar-refractivity contribution is 14.0. The van der Waals surface area contributed by atoms with Crippen molar-refractivity contribution in [3.8, 4) is 0 Å². The van der Waals surface area contributed by atoms with Gasteiger partial charge in [0.1, 0.15) is 0 Å². The number of β-amino-alcohol motifs (C(OH)–C–C–N with tert-alkyl or cyclic N) is 1. The van der Waals surface area contributed by atoms with Gasteiger partial charge in [-0.1, -0.05) is 6.07 Å². The number of non-ortho nitro benzene ring substituents is 1. The summed E-state index contributed by atoms with van der Waals surface area (Å²) in [5, 5.41) is 23.5. The van der Waals surface area contributed by atoms with Gasteiger partial charge in [-0.05, 0) is 19.4 Å². The first kappa shape index (κ1) is 23.5. The lowest BCUT2D eigenvalue weighted by atomic mass is 10.3. The molecule has 1 aromatic rings. The molecule has 152 valence electrons. The number of aliphatic imine (C=N–C) groups is 1. The summed E-state index contributed by atoms with van der Waals surface area (Å²) in [6.45, 7) is 4.01. The van der Waals surface area contributed by atoms with Crippen molar-refractivity contribution in [3.63, 3.8) is 0 Å². The van der Waals surface area contributed by atoms with Crippen molar-refractivity contribution in [2.24, 2.45) is 4.99 Å². The van der Waals surface area contributed by atoms with Gasteiger partial charge in [-0.2, -0.15) is 0 Å². The van der Waals surface area contributed by atoms with Crippen LogP contribution in [0.15, 0.2) is 34.2 Å². The molecule has 0 spiro atoms. The lowest BCUT2D eigenvalue weighted by Gasteiger charge is -2.20. The molecular weight excluding hydrogens is 489 g/mol. The van der Waals surface area contributed by atoms with Crippen LogP contribution in [0.2, 0.25) is 0 Å². The van der Waals surface area contributed by atoms with Crippen LogP contribution in [0.5, 0.6) is 0 Å². The predicted molar refractivity (Wildman–Crippen MR) is 112 cm³/mol. The number of rotatable bonds is 7.